The molecule has 0 atom stereocenters. The van der Waals surface area contributed by atoms with E-state index >= 15 is 0 Å². The minimum absolute atomic E-state index is 0. The highest BCUT2D eigenvalue weighted by molar-refractivity contribution is 7.90. The average molecular weight is 228 g/mol. The van der Waals surface area contributed by atoms with E-state index in [0.717, 1.165) is 25.9 Å². The minimum atomic E-state index is -2.88. The second-order valence-electron chi connectivity index (χ2n) is 3.51. The molecule has 2 aliphatic rings. The van der Waals surface area contributed by atoms with Crippen molar-refractivity contribution >= 4 is 22.4 Å². The predicted molar refractivity (Wildman–Crippen MR) is 52.4 cm³/mol. The lowest BCUT2D eigenvalue weighted by molar-refractivity contribution is -0.661. The van der Waals surface area contributed by atoms with Gasteiger partial charge < -0.3 is 5.32 Å². The number of rotatable bonds is 2. The molecule has 1 heterocycles. The van der Waals surface area contributed by atoms with Crippen molar-refractivity contribution in [3.05, 3.63) is 0 Å². The van der Waals surface area contributed by atoms with Crippen LogP contribution in [0.2, 0.25) is 0 Å². The Hall–Kier alpha value is 0.160. The van der Waals surface area contributed by atoms with Gasteiger partial charge in [0.05, 0.1) is 31.4 Å². The van der Waals surface area contributed by atoms with E-state index in [2.05, 4.69) is 5.32 Å². The van der Waals surface area contributed by atoms with E-state index in [4.69, 9.17) is 0 Å². The molecule has 0 unspecified atom stereocenters. The first-order valence-corrected chi connectivity index (χ1v) is 6.02. The molecular formula is C7H16ClN2O2S+. The highest BCUT2D eigenvalue weighted by Gasteiger charge is 2.40. The Morgan fingerprint density at radius 1 is 1.15 bits per heavy atom. The highest BCUT2D eigenvalue weighted by atomic mass is 35.5. The predicted octanol–water partition coefficient (Wildman–Crippen LogP) is -1.22. The lowest BCUT2D eigenvalue weighted by Gasteiger charge is -2.24. The standard InChI is InChI=1S/C7H14N2O2S.ClH/c10-12(11,7-1-2-7)9-5-3-8-4-6-9;/h7-8H,1-6H2;1H/p+1. The summed E-state index contributed by atoms with van der Waals surface area (Å²) in [4.78, 5) is 0. The molecule has 1 saturated carbocycles. The summed E-state index contributed by atoms with van der Waals surface area (Å²) in [6.45, 7) is 3.26. The Labute approximate surface area is 85.1 Å². The molecule has 0 aromatic rings. The maximum Gasteiger partial charge on any atom is 0.217 e. The molecule has 0 radical (unpaired) electrons. The van der Waals surface area contributed by atoms with Gasteiger partial charge in [-0.25, -0.2) is 8.42 Å². The van der Waals surface area contributed by atoms with Gasteiger partial charge in [0.25, 0.3) is 0 Å². The number of nitrogens with two attached hydrogens (primary N) is 1. The monoisotopic (exact) mass is 227 g/mol. The van der Waals surface area contributed by atoms with Crippen LogP contribution in [0.4, 0.5) is 0 Å². The summed E-state index contributed by atoms with van der Waals surface area (Å²) in [7, 11) is -2.88. The number of hydrogen-bond acceptors (Lipinski definition) is 2. The normalized spacial score (nSPS) is 25.2. The fourth-order valence-corrected chi connectivity index (χ4v) is 3.43. The van der Waals surface area contributed by atoms with Crippen molar-refractivity contribution in [1.29, 1.82) is 0 Å². The van der Waals surface area contributed by atoms with E-state index in [9.17, 15) is 8.42 Å². The molecule has 1 aliphatic heterocycles. The van der Waals surface area contributed by atoms with Gasteiger partial charge in [-0.2, -0.15) is 4.31 Å². The topological polar surface area (TPSA) is 54.0 Å². The largest absolute Gasteiger partial charge is 0.344 e. The second kappa shape index (κ2) is 4.13. The molecule has 6 heteroatoms. The fourth-order valence-electron chi connectivity index (χ4n) is 1.56. The van der Waals surface area contributed by atoms with Crippen LogP contribution in [0.5, 0.6) is 0 Å². The van der Waals surface area contributed by atoms with Crippen LogP contribution in [0.15, 0.2) is 0 Å². The minimum Gasteiger partial charge on any atom is -0.344 e. The quantitative estimate of drug-likeness (QED) is 0.643. The van der Waals surface area contributed by atoms with Crippen molar-refractivity contribution in [2.24, 2.45) is 0 Å². The van der Waals surface area contributed by atoms with Gasteiger partial charge in [-0.3, -0.25) is 0 Å². The van der Waals surface area contributed by atoms with Crippen LogP contribution in [-0.4, -0.2) is 44.2 Å². The van der Waals surface area contributed by atoms with Gasteiger partial charge in [0.15, 0.2) is 0 Å². The molecule has 4 nitrogen and oxygen atoms in total. The second-order valence-corrected chi connectivity index (χ2v) is 5.72. The lowest BCUT2D eigenvalue weighted by Crippen LogP contribution is -2.89. The van der Waals surface area contributed by atoms with Crippen LogP contribution in [-0.2, 0) is 10.0 Å². The first kappa shape index (κ1) is 11.2. The molecule has 13 heavy (non-hydrogen) atoms. The number of halogens is 1. The molecule has 0 aromatic heterocycles. The Balaban J connectivity index is 0.000000845. The van der Waals surface area contributed by atoms with E-state index in [1.54, 1.807) is 4.31 Å². The first-order chi connectivity index (χ1) is 5.71. The van der Waals surface area contributed by atoms with Gasteiger partial charge in [0.2, 0.25) is 10.0 Å². The van der Waals surface area contributed by atoms with Crippen molar-refractivity contribution in [1.82, 2.24) is 4.31 Å². The Morgan fingerprint density at radius 2 is 1.69 bits per heavy atom. The third-order valence-corrected chi connectivity index (χ3v) is 4.87. The number of sulfonamides is 1. The SMILES string of the molecule is Cl.O=S(=O)(C1CC1)N1CC[NH2+]CC1. The van der Waals surface area contributed by atoms with E-state index in [1.165, 1.54) is 0 Å². The third kappa shape index (κ3) is 2.34. The summed E-state index contributed by atoms with van der Waals surface area (Å²) >= 11 is 0. The molecule has 78 valence electrons. The molecule has 0 bridgehead atoms. The van der Waals surface area contributed by atoms with Gasteiger partial charge >= 0.3 is 0 Å². The summed E-state index contributed by atoms with van der Waals surface area (Å²) in [5.74, 6) is 0. The van der Waals surface area contributed by atoms with E-state index in [-0.39, 0.29) is 17.7 Å². The lowest BCUT2D eigenvalue weighted by atomic mass is 10.4. The smallest absolute Gasteiger partial charge is 0.217 e. The van der Waals surface area contributed by atoms with Crippen molar-refractivity contribution in [3.63, 3.8) is 0 Å². The van der Waals surface area contributed by atoms with Gasteiger partial charge in [-0.15, -0.1) is 12.4 Å². The fraction of sp³-hybridized carbons (Fsp3) is 1.00. The zero-order chi connectivity index (χ0) is 8.60. The molecule has 2 rings (SSSR count). The van der Waals surface area contributed by atoms with Gasteiger partial charge in [-0.05, 0) is 12.8 Å². The van der Waals surface area contributed by atoms with Crippen molar-refractivity contribution in [2.45, 2.75) is 18.1 Å². The van der Waals surface area contributed by atoms with Crippen LogP contribution >= 0.6 is 12.4 Å². The molecule has 0 spiro atoms. The van der Waals surface area contributed by atoms with E-state index < -0.39 is 10.0 Å². The number of piperazine rings is 1. The van der Waals surface area contributed by atoms with Crippen molar-refractivity contribution in [3.8, 4) is 0 Å². The zero-order valence-corrected chi connectivity index (χ0v) is 9.11. The molecule has 1 aliphatic carbocycles. The maximum absolute atomic E-state index is 11.7. The molecule has 2 N–H and O–H groups in total. The van der Waals surface area contributed by atoms with Crippen LogP contribution < -0.4 is 5.32 Å². The van der Waals surface area contributed by atoms with Crippen molar-refractivity contribution < 1.29 is 13.7 Å². The number of quaternary nitrogens is 1. The van der Waals surface area contributed by atoms with Crippen LogP contribution in [0.25, 0.3) is 0 Å². The Kier molecular flexibility index (Phi) is 3.57. The van der Waals surface area contributed by atoms with Crippen LogP contribution in [0.3, 0.4) is 0 Å². The van der Waals surface area contributed by atoms with Gasteiger partial charge in [0, 0.05) is 0 Å². The molecule has 0 amide bonds. The van der Waals surface area contributed by atoms with Gasteiger partial charge in [-0.1, -0.05) is 0 Å². The van der Waals surface area contributed by atoms with Crippen molar-refractivity contribution in [2.75, 3.05) is 26.2 Å². The van der Waals surface area contributed by atoms with Crippen LogP contribution in [0, 0.1) is 0 Å². The average Bonchev–Trinajstić information content (AvgIpc) is 2.88. The highest BCUT2D eigenvalue weighted by Crippen LogP contribution is 2.30. The third-order valence-electron chi connectivity index (χ3n) is 2.47. The number of nitrogens with zero attached hydrogens (tertiary/aromatic N) is 1. The maximum atomic E-state index is 11.7. The summed E-state index contributed by atoms with van der Waals surface area (Å²) in [6.07, 6.45) is 1.76. The Bertz CT molecular complexity index is 258. The summed E-state index contributed by atoms with van der Waals surface area (Å²) in [5.41, 5.74) is 0. The van der Waals surface area contributed by atoms with E-state index in [0.29, 0.717) is 13.1 Å². The Morgan fingerprint density at radius 3 is 2.15 bits per heavy atom. The zero-order valence-electron chi connectivity index (χ0n) is 7.48. The first-order valence-electron chi connectivity index (χ1n) is 4.52. The summed E-state index contributed by atoms with van der Waals surface area (Å²) < 4.78 is 25.0. The summed E-state index contributed by atoms with van der Waals surface area (Å²) in [5, 5.41) is 2.13. The molecule has 1 saturated heterocycles. The van der Waals surface area contributed by atoms with E-state index in [1.807, 2.05) is 0 Å². The number of hydrogen-bond donors (Lipinski definition) is 1. The van der Waals surface area contributed by atoms with Gasteiger partial charge in [0.1, 0.15) is 0 Å². The summed E-state index contributed by atoms with van der Waals surface area (Å²) in [6, 6.07) is 0. The molecular weight excluding hydrogens is 212 g/mol. The molecule has 2 fully saturated rings. The van der Waals surface area contributed by atoms with Crippen LogP contribution in [0.1, 0.15) is 12.8 Å². The molecule has 0 aromatic carbocycles.